The number of anilines is 1. The van der Waals surface area contributed by atoms with Gasteiger partial charge in [-0.25, -0.2) is 0 Å². The Bertz CT molecular complexity index is 1080. The maximum Gasteiger partial charge on any atom is 0.258 e. The van der Waals surface area contributed by atoms with Crippen LogP contribution in [0.5, 0.6) is 0 Å². The number of aryl methyl sites for hydroxylation is 1. The number of thiophene rings is 1. The number of aromatic nitrogens is 5. The lowest BCUT2D eigenvalue weighted by atomic mass is 10.2. The summed E-state index contributed by atoms with van der Waals surface area (Å²) in [5.74, 6) is 2.68. The number of hydrogen-bond acceptors (Lipinski definition) is 8. The van der Waals surface area contributed by atoms with Crippen molar-refractivity contribution in [3.05, 3.63) is 52.5 Å². The first-order chi connectivity index (χ1) is 14.3. The lowest BCUT2D eigenvalue weighted by Crippen LogP contribution is -2.22. The van der Waals surface area contributed by atoms with Gasteiger partial charge in [-0.15, -0.1) is 10.2 Å². The Labute approximate surface area is 176 Å². The zero-order chi connectivity index (χ0) is 19.6. The first kappa shape index (κ1) is 18.4. The van der Waals surface area contributed by atoms with E-state index in [0.29, 0.717) is 17.5 Å². The van der Waals surface area contributed by atoms with E-state index >= 15 is 0 Å². The van der Waals surface area contributed by atoms with Gasteiger partial charge in [0.15, 0.2) is 11.0 Å². The van der Waals surface area contributed by atoms with Gasteiger partial charge < -0.3 is 9.42 Å². The molecule has 0 amide bonds. The third-order valence-electron chi connectivity index (χ3n) is 4.86. The zero-order valence-corrected chi connectivity index (χ0v) is 17.6. The summed E-state index contributed by atoms with van der Waals surface area (Å²) in [5, 5.41) is 17.9. The largest absolute Gasteiger partial charge is 0.341 e. The molecule has 1 aliphatic heterocycles. The molecule has 0 aliphatic carbocycles. The topological polar surface area (TPSA) is 72.9 Å². The molecule has 0 saturated carbocycles. The van der Waals surface area contributed by atoms with E-state index in [1.54, 1.807) is 23.1 Å². The van der Waals surface area contributed by atoms with Crippen molar-refractivity contribution in [3.8, 4) is 17.1 Å². The molecule has 4 aromatic rings. The van der Waals surface area contributed by atoms with Crippen LogP contribution in [0.1, 0.15) is 24.2 Å². The van der Waals surface area contributed by atoms with Crippen LogP contribution in [0.25, 0.3) is 17.1 Å². The summed E-state index contributed by atoms with van der Waals surface area (Å²) < 4.78 is 7.53. The van der Waals surface area contributed by atoms with Crippen molar-refractivity contribution in [1.29, 1.82) is 0 Å². The normalized spacial score (nSPS) is 14.0. The second-order valence-electron chi connectivity index (χ2n) is 6.96. The standard InChI is InChI=1S/C20H20N6OS2/c1-14-4-6-16(7-5-14)26-19(25-9-2-3-10-25)22-23-20(26)29-13-17-21-18(27-24-17)15-8-11-28-12-15/h4-8,11-12H,2-3,9-10,13H2,1H3. The van der Waals surface area contributed by atoms with Gasteiger partial charge in [0.05, 0.1) is 17.0 Å². The highest BCUT2D eigenvalue weighted by molar-refractivity contribution is 7.98. The third kappa shape index (κ3) is 3.79. The first-order valence-electron chi connectivity index (χ1n) is 9.53. The maximum atomic E-state index is 5.39. The highest BCUT2D eigenvalue weighted by Gasteiger charge is 2.23. The Hall–Kier alpha value is -2.65. The summed E-state index contributed by atoms with van der Waals surface area (Å²) in [6.07, 6.45) is 2.38. The molecule has 0 N–H and O–H groups in total. The second kappa shape index (κ2) is 8.00. The SMILES string of the molecule is Cc1ccc(-n2c(SCc3noc(-c4ccsc4)n3)nnc2N2CCCC2)cc1. The van der Waals surface area contributed by atoms with E-state index in [2.05, 4.69) is 61.0 Å². The minimum atomic E-state index is 0.555. The van der Waals surface area contributed by atoms with Crippen molar-refractivity contribution in [3.63, 3.8) is 0 Å². The first-order valence-corrected chi connectivity index (χ1v) is 11.5. The molecule has 29 heavy (non-hydrogen) atoms. The molecule has 1 saturated heterocycles. The summed E-state index contributed by atoms with van der Waals surface area (Å²) in [5.41, 5.74) is 3.25. The Morgan fingerprint density at radius 2 is 1.93 bits per heavy atom. The Morgan fingerprint density at radius 3 is 2.69 bits per heavy atom. The fraction of sp³-hybridized carbons (Fsp3) is 0.300. The maximum absolute atomic E-state index is 5.39. The molecule has 7 nitrogen and oxygen atoms in total. The lowest BCUT2D eigenvalue weighted by Gasteiger charge is -2.18. The summed E-state index contributed by atoms with van der Waals surface area (Å²) in [4.78, 5) is 6.81. The molecule has 0 spiro atoms. The molecular formula is C20H20N6OS2. The minimum absolute atomic E-state index is 0.555. The van der Waals surface area contributed by atoms with E-state index in [1.165, 1.54) is 18.4 Å². The van der Waals surface area contributed by atoms with E-state index in [1.807, 2.05) is 16.8 Å². The molecule has 5 rings (SSSR count). The van der Waals surface area contributed by atoms with Crippen molar-refractivity contribution < 1.29 is 4.52 Å². The van der Waals surface area contributed by atoms with E-state index in [0.717, 1.165) is 35.4 Å². The van der Waals surface area contributed by atoms with Crippen molar-refractivity contribution in [2.45, 2.75) is 30.7 Å². The van der Waals surface area contributed by atoms with Gasteiger partial charge in [-0.1, -0.05) is 34.6 Å². The van der Waals surface area contributed by atoms with Gasteiger partial charge in [0.2, 0.25) is 5.95 Å². The van der Waals surface area contributed by atoms with Crippen LogP contribution in [-0.2, 0) is 5.75 Å². The van der Waals surface area contributed by atoms with E-state index in [4.69, 9.17) is 4.52 Å². The lowest BCUT2D eigenvalue weighted by molar-refractivity contribution is 0.425. The fourth-order valence-corrected chi connectivity index (χ4v) is 4.76. The average molecular weight is 425 g/mol. The molecule has 1 aromatic carbocycles. The van der Waals surface area contributed by atoms with Crippen molar-refractivity contribution >= 4 is 29.0 Å². The van der Waals surface area contributed by atoms with Crippen LogP contribution in [0.3, 0.4) is 0 Å². The van der Waals surface area contributed by atoms with Gasteiger partial charge in [-0.3, -0.25) is 4.57 Å². The predicted molar refractivity (Wildman–Crippen MR) is 115 cm³/mol. The van der Waals surface area contributed by atoms with Gasteiger partial charge in [0.1, 0.15) is 0 Å². The summed E-state index contributed by atoms with van der Waals surface area (Å²) >= 11 is 3.18. The molecule has 0 atom stereocenters. The molecule has 1 aliphatic rings. The van der Waals surface area contributed by atoms with Crippen molar-refractivity contribution in [2.75, 3.05) is 18.0 Å². The molecular weight excluding hydrogens is 404 g/mol. The van der Waals surface area contributed by atoms with Crippen molar-refractivity contribution in [2.24, 2.45) is 0 Å². The molecule has 4 heterocycles. The predicted octanol–water partition coefficient (Wildman–Crippen LogP) is 4.58. The van der Waals surface area contributed by atoms with Crippen LogP contribution < -0.4 is 4.90 Å². The zero-order valence-electron chi connectivity index (χ0n) is 16.0. The Kier molecular flexibility index (Phi) is 5.07. The van der Waals surface area contributed by atoms with E-state index in [-0.39, 0.29) is 0 Å². The van der Waals surface area contributed by atoms with Gasteiger partial charge in [0.25, 0.3) is 5.89 Å². The molecule has 3 aromatic heterocycles. The number of rotatable bonds is 6. The van der Waals surface area contributed by atoms with Crippen LogP contribution in [0.4, 0.5) is 5.95 Å². The number of hydrogen-bond donors (Lipinski definition) is 0. The molecule has 0 bridgehead atoms. The van der Waals surface area contributed by atoms with Crippen LogP contribution >= 0.6 is 23.1 Å². The van der Waals surface area contributed by atoms with Gasteiger partial charge >= 0.3 is 0 Å². The molecule has 0 radical (unpaired) electrons. The van der Waals surface area contributed by atoms with Crippen LogP contribution in [0, 0.1) is 6.92 Å². The van der Waals surface area contributed by atoms with Crippen molar-refractivity contribution in [1.82, 2.24) is 24.9 Å². The summed E-state index contributed by atoms with van der Waals surface area (Å²) in [6.45, 7) is 4.13. The van der Waals surface area contributed by atoms with E-state index < -0.39 is 0 Å². The highest BCUT2D eigenvalue weighted by atomic mass is 32.2. The molecule has 148 valence electrons. The average Bonchev–Trinajstić information content (AvgIpc) is 3.54. The van der Waals surface area contributed by atoms with Crippen LogP contribution in [-0.4, -0.2) is 38.0 Å². The van der Waals surface area contributed by atoms with Gasteiger partial charge in [0, 0.05) is 18.5 Å². The highest BCUT2D eigenvalue weighted by Crippen LogP contribution is 2.30. The van der Waals surface area contributed by atoms with Crippen LogP contribution in [0.15, 0.2) is 50.8 Å². The summed E-state index contributed by atoms with van der Waals surface area (Å²) in [7, 11) is 0. The Morgan fingerprint density at radius 1 is 1.10 bits per heavy atom. The molecule has 1 fully saturated rings. The van der Waals surface area contributed by atoms with E-state index in [9.17, 15) is 0 Å². The minimum Gasteiger partial charge on any atom is -0.341 e. The number of benzene rings is 1. The second-order valence-corrected chi connectivity index (χ2v) is 8.69. The molecule has 9 heteroatoms. The van der Waals surface area contributed by atoms with Gasteiger partial charge in [-0.2, -0.15) is 16.3 Å². The quantitative estimate of drug-likeness (QED) is 0.420. The number of thioether (sulfide) groups is 1. The molecule has 0 unspecified atom stereocenters. The van der Waals surface area contributed by atoms with Gasteiger partial charge in [-0.05, 0) is 43.3 Å². The third-order valence-corrected chi connectivity index (χ3v) is 6.47. The number of nitrogens with zero attached hydrogens (tertiary/aromatic N) is 6. The summed E-state index contributed by atoms with van der Waals surface area (Å²) in [6, 6.07) is 10.4. The monoisotopic (exact) mass is 424 g/mol. The fourth-order valence-electron chi connectivity index (χ4n) is 3.34. The smallest absolute Gasteiger partial charge is 0.258 e. The van der Waals surface area contributed by atoms with Crippen LogP contribution in [0.2, 0.25) is 0 Å². The Balaban J connectivity index is 1.41.